The first-order chi connectivity index (χ1) is 9.40. The second-order valence-electron chi connectivity index (χ2n) is 4.93. The minimum atomic E-state index is -0.826. The zero-order valence-corrected chi connectivity index (χ0v) is 11.7. The molecule has 1 aliphatic rings. The van der Waals surface area contributed by atoms with Crippen molar-refractivity contribution < 1.29 is 14.7 Å². The van der Waals surface area contributed by atoms with Crippen LogP contribution in [0, 0.1) is 6.92 Å². The lowest BCUT2D eigenvalue weighted by molar-refractivity contribution is -0.138. The summed E-state index contributed by atoms with van der Waals surface area (Å²) in [5.74, 6) is -0.601. The summed E-state index contributed by atoms with van der Waals surface area (Å²) in [5, 5.41) is 13.0. The highest BCUT2D eigenvalue weighted by Crippen LogP contribution is 2.23. The third-order valence-electron chi connectivity index (χ3n) is 3.47. The van der Waals surface area contributed by atoms with Gasteiger partial charge in [0, 0.05) is 33.2 Å². The molecule has 2 heterocycles. The Morgan fingerprint density at radius 2 is 1.90 bits per heavy atom. The van der Waals surface area contributed by atoms with Crippen LogP contribution in [0.5, 0.6) is 0 Å². The summed E-state index contributed by atoms with van der Waals surface area (Å²) >= 11 is 0. The van der Waals surface area contributed by atoms with Crippen molar-refractivity contribution in [2.45, 2.75) is 6.92 Å². The van der Waals surface area contributed by atoms with Gasteiger partial charge >= 0.3 is 5.97 Å². The van der Waals surface area contributed by atoms with E-state index in [0.29, 0.717) is 43.3 Å². The number of carboxylic acids is 1. The van der Waals surface area contributed by atoms with Gasteiger partial charge in [-0.15, -0.1) is 0 Å². The van der Waals surface area contributed by atoms with Crippen LogP contribution >= 0.6 is 0 Å². The van der Waals surface area contributed by atoms with Gasteiger partial charge in [-0.3, -0.25) is 19.2 Å². The molecule has 0 bridgehead atoms. The zero-order chi connectivity index (χ0) is 14.9. The Labute approximate surface area is 116 Å². The topological polar surface area (TPSA) is 105 Å². The number of amides is 1. The van der Waals surface area contributed by atoms with Crippen molar-refractivity contribution in [3.8, 4) is 0 Å². The highest BCUT2D eigenvalue weighted by Gasteiger charge is 2.26. The number of aliphatic carboxylic acids is 1. The number of anilines is 1. The molecule has 8 heteroatoms. The van der Waals surface area contributed by atoms with Crippen LogP contribution in [-0.2, 0) is 11.8 Å². The van der Waals surface area contributed by atoms with Gasteiger partial charge in [0.05, 0.1) is 12.2 Å². The van der Waals surface area contributed by atoms with Gasteiger partial charge in [0.2, 0.25) is 0 Å². The smallest absolute Gasteiger partial charge is 0.317 e. The predicted molar refractivity (Wildman–Crippen MR) is 72.8 cm³/mol. The molecule has 1 fully saturated rings. The third-order valence-corrected chi connectivity index (χ3v) is 3.47. The molecule has 1 aromatic heterocycles. The Morgan fingerprint density at radius 3 is 2.40 bits per heavy atom. The summed E-state index contributed by atoms with van der Waals surface area (Å²) in [6.07, 6.45) is 0. The molecule has 0 radical (unpaired) electrons. The number of rotatable bonds is 4. The average Bonchev–Trinajstić information content (AvgIpc) is 2.64. The first-order valence-electron chi connectivity index (χ1n) is 6.42. The van der Waals surface area contributed by atoms with Gasteiger partial charge < -0.3 is 15.7 Å². The van der Waals surface area contributed by atoms with E-state index in [9.17, 15) is 9.59 Å². The molecular weight excluding hydrogens is 262 g/mol. The van der Waals surface area contributed by atoms with Gasteiger partial charge in [-0.2, -0.15) is 5.10 Å². The molecule has 0 unspecified atom stereocenters. The molecule has 110 valence electrons. The van der Waals surface area contributed by atoms with Gasteiger partial charge in [-0.1, -0.05) is 0 Å². The molecular formula is C12H19N5O3. The quantitative estimate of drug-likeness (QED) is 0.736. The summed E-state index contributed by atoms with van der Waals surface area (Å²) in [6, 6.07) is 0. The van der Waals surface area contributed by atoms with E-state index in [1.165, 1.54) is 0 Å². The predicted octanol–water partition coefficient (Wildman–Crippen LogP) is -0.966. The van der Waals surface area contributed by atoms with E-state index < -0.39 is 11.9 Å². The van der Waals surface area contributed by atoms with Gasteiger partial charge in [0.1, 0.15) is 11.4 Å². The second-order valence-corrected chi connectivity index (χ2v) is 4.93. The largest absolute Gasteiger partial charge is 0.480 e. The fourth-order valence-corrected chi connectivity index (χ4v) is 2.61. The lowest BCUT2D eigenvalue weighted by Crippen LogP contribution is -2.48. The van der Waals surface area contributed by atoms with E-state index in [-0.39, 0.29) is 6.54 Å². The molecule has 1 aliphatic heterocycles. The van der Waals surface area contributed by atoms with Crippen LogP contribution in [0.3, 0.4) is 0 Å². The molecule has 0 saturated carbocycles. The summed E-state index contributed by atoms with van der Waals surface area (Å²) in [5.41, 5.74) is 6.48. The van der Waals surface area contributed by atoms with E-state index in [1.807, 2.05) is 9.80 Å². The van der Waals surface area contributed by atoms with Crippen LogP contribution < -0.4 is 10.6 Å². The lowest BCUT2D eigenvalue weighted by atomic mass is 10.2. The van der Waals surface area contributed by atoms with Crippen molar-refractivity contribution in [1.29, 1.82) is 0 Å². The Bertz CT molecular complexity index is 531. The van der Waals surface area contributed by atoms with Gasteiger partial charge in [0.25, 0.3) is 5.91 Å². The van der Waals surface area contributed by atoms with Crippen LogP contribution in [0.4, 0.5) is 5.82 Å². The maximum absolute atomic E-state index is 11.6. The number of hydrogen-bond acceptors (Lipinski definition) is 5. The Kier molecular flexibility index (Phi) is 3.93. The molecule has 1 saturated heterocycles. The van der Waals surface area contributed by atoms with Crippen molar-refractivity contribution in [2.24, 2.45) is 12.8 Å². The molecule has 0 aromatic carbocycles. The zero-order valence-electron chi connectivity index (χ0n) is 11.7. The molecule has 3 N–H and O–H groups in total. The van der Waals surface area contributed by atoms with Crippen molar-refractivity contribution in [3.05, 3.63) is 11.3 Å². The number of nitrogens with zero attached hydrogens (tertiary/aromatic N) is 4. The van der Waals surface area contributed by atoms with Crippen molar-refractivity contribution in [3.63, 3.8) is 0 Å². The standard InChI is InChI=1S/C12H19N5O3/c1-8-10(11(13)20)12(15(2)14-8)17-5-3-16(4-6-17)7-9(18)19/h3-7H2,1-2H3,(H2,13,20)(H,18,19). The summed E-state index contributed by atoms with van der Waals surface area (Å²) in [6.45, 7) is 4.35. The normalized spacial score (nSPS) is 16.4. The van der Waals surface area contributed by atoms with E-state index in [0.717, 1.165) is 0 Å². The maximum Gasteiger partial charge on any atom is 0.317 e. The number of nitrogens with two attached hydrogens (primary N) is 1. The van der Waals surface area contributed by atoms with Crippen molar-refractivity contribution >= 4 is 17.7 Å². The van der Waals surface area contributed by atoms with Crippen LogP contribution in [0.15, 0.2) is 0 Å². The summed E-state index contributed by atoms with van der Waals surface area (Å²) < 4.78 is 1.66. The van der Waals surface area contributed by atoms with E-state index in [4.69, 9.17) is 10.8 Å². The van der Waals surface area contributed by atoms with E-state index in [1.54, 1.807) is 18.7 Å². The molecule has 1 amide bonds. The molecule has 20 heavy (non-hydrogen) atoms. The lowest BCUT2D eigenvalue weighted by Gasteiger charge is -2.35. The number of carboxylic acid groups (broad SMARTS) is 1. The van der Waals surface area contributed by atoms with Crippen molar-refractivity contribution in [1.82, 2.24) is 14.7 Å². The number of hydrogen-bond donors (Lipinski definition) is 2. The number of aryl methyl sites for hydroxylation is 2. The Hall–Kier alpha value is -2.09. The SMILES string of the molecule is Cc1nn(C)c(N2CCN(CC(=O)O)CC2)c1C(N)=O. The van der Waals surface area contributed by atoms with Crippen LogP contribution in [0.1, 0.15) is 16.1 Å². The molecule has 0 atom stereocenters. The molecule has 0 aliphatic carbocycles. The number of carbonyl (C=O) groups excluding carboxylic acids is 1. The second kappa shape index (κ2) is 5.49. The van der Waals surface area contributed by atoms with Crippen LogP contribution in [0.25, 0.3) is 0 Å². The number of piperazine rings is 1. The Morgan fingerprint density at radius 1 is 1.30 bits per heavy atom. The van der Waals surface area contributed by atoms with E-state index >= 15 is 0 Å². The first-order valence-corrected chi connectivity index (χ1v) is 6.42. The van der Waals surface area contributed by atoms with Crippen LogP contribution in [0.2, 0.25) is 0 Å². The van der Waals surface area contributed by atoms with E-state index in [2.05, 4.69) is 5.10 Å². The average molecular weight is 281 g/mol. The Balaban J connectivity index is 2.15. The number of carbonyl (C=O) groups is 2. The summed E-state index contributed by atoms with van der Waals surface area (Å²) in [7, 11) is 1.78. The molecule has 2 rings (SSSR count). The first kappa shape index (κ1) is 14.3. The monoisotopic (exact) mass is 281 g/mol. The fourth-order valence-electron chi connectivity index (χ4n) is 2.61. The van der Waals surface area contributed by atoms with Gasteiger partial charge in [-0.05, 0) is 6.92 Å². The summed E-state index contributed by atoms with van der Waals surface area (Å²) in [4.78, 5) is 26.1. The molecule has 8 nitrogen and oxygen atoms in total. The van der Waals surface area contributed by atoms with Gasteiger partial charge in [0.15, 0.2) is 0 Å². The number of aromatic nitrogens is 2. The fraction of sp³-hybridized carbons (Fsp3) is 0.583. The minimum Gasteiger partial charge on any atom is -0.480 e. The molecule has 1 aromatic rings. The maximum atomic E-state index is 11.6. The van der Waals surface area contributed by atoms with Crippen molar-refractivity contribution in [2.75, 3.05) is 37.6 Å². The molecule has 0 spiro atoms. The third kappa shape index (κ3) is 2.74. The van der Waals surface area contributed by atoms with Crippen LogP contribution in [-0.4, -0.2) is 64.4 Å². The minimum absolute atomic E-state index is 0.0426. The van der Waals surface area contributed by atoms with Gasteiger partial charge in [-0.25, -0.2) is 0 Å². The number of primary amides is 1. The highest BCUT2D eigenvalue weighted by atomic mass is 16.4. The highest BCUT2D eigenvalue weighted by molar-refractivity contribution is 5.99.